The number of rotatable bonds is 3. The molecule has 0 aromatic heterocycles. The molecule has 4 heteroatoms. The Morgan fingerprint density at radius 3 is 2.72 bits per heavy atom. The van der Waals surface area contributed by atoms with E-state index in [1.807, 2.05) is 0 Å². The molecule has 18 heavy (non-hydrogen) atoms. The minimum atomic E-state index is -0.282. The summed E-state index contributed by atoms with van der Waals surface area (Å²) >= 11 is 5.95. The van der Waals surface area contributed by atoms with Crippen LogP contribution in [0.15, 0.2) is 36.4 Å². The molecule has 0 bridgehead atoms. The van der Waals surface area contributed by atoms with E-state index in [9.17, 15) is 9.50 Å². The van der Waals surface area contributed by atoms with Gasteiger partial charge in [-0.25, -0.2) is 4.39 Å². The van der Waals surface area contributed by atoms with Crippen LogP contribution in [-0.2, 0) is 6.61 Å². The van der Waals surface area contributed by atoms with Crippen molar-refractivity contribution in [2.75, 3.05) is 0 Å². The SMILES string of the molecule is Cc1cc(Oc2cccc(Cl)c2CO)ccc1F. The van der Waals surface area contributed by atoms with Gasteiger partial charge in [-0.05, 0) is 42.8 Å². The summed E-state index contributed by atoms with van der Waals surface area (Å²) in [5.74, 6) is 0.692. The van der Waals surface area contributed by atoms with Gasteiger partial charge in [0.25, 0.3) is 0 Å². The fourth-order valence-electron chi connectivity index (χ4n) is 1.60. The highest BCUT2D eigenvalue weighted by Crippen LogP contribution is 2.31. The number of hydrogen-bond acceptors (Lipinski definition) is 2. The van der Waals surface area contributed by atoms with Gasteiger partial charge in [0.1, 0.15) is 17.3 Å². The van der Waals surface area contributed by atoms with Crippen molar-refractivity contribution in [3.8, 4) is 11.5 Å². The summed E-state index contributed by atoms with van der Waals surface area (Å²) in [5, 5.41) is 9.69. The van der Waals surface area contributed by atoms with E-state index in [1.54, 1.807) is 31.2 Å². The molecule has 94 valence electrons. The zero-order valence-electron chi connectivity index (χ0n) is 9.78. The Morgan fingerprint density at radius 2 is 2.06 bits per heavy atom. The van der Waals surface area contributed by atoms with Crippen LogP contribution in [0.4, 0.5) is 4.39 Å². The molecule has 0 aliphatic rings. The lowest BCUT2D eigenvalue weighted by atomic mass is 10.2. The third-order valence-corrected chi connectivity index (χ3v) is 2.95. The molecule has 0 saturated carbocycles. The largest absolute Gasteiger partial charge is 0.457 e. The van der Waals surface area contributed by atoms with Crippen LogP contribution in [0.1, 0.15) is 11.1 Å². The number of hydrogen-bond donors (Lipinski definition) is 1. The maximum absolute atomic E-state index is 13.1. The number of aliphatic hydroxyl groups excluding tert-OH is 1. The Labute approximate surface area is 110 Å². The lowest BCUT2D eigenvalue weighted by Crippen LogP contribution is -1.93. The first-order valence-electron chi connectivity index (χ1n) is 5.44. The molecule has 0 unspecified atom stereocenters. The van der Waals surface area contributed by atoms with Crippen LogP contribution in [0.5, 0.6) is 11.5 Å². The van der Waals surface area contributed by atoms with Gasteiger partial charge in [0.05, 0.1) is 6.61 Å². The summed E-state index contributed by atoms with van der Waals surface area (Å²) in [6, 6.07) is 9.58. The van der Waals surface area contributed by atoms with Crippen molar-refractivity contribution in [2.24, 2.45) is 0 Å². The smallest absolute Gasteiger partial charge is 0.134 e. The first-order chi connectivity index (χ1) is 8.61. The molecule has 0 fully saturated rings. The van der Waals surface area contributed by atoms with Gasteiger partial charge >= 0.3 is 0 Å². The van der Waals surface area contributed by atoms with Crippen molar-refractivity contribution in [1.29, 1.82) is 0 Å². The molecular weight excluding hydrogens is 255 g/mol. The van der Waals surface area contributed by atoms with E-state index in [4.69, 9.17) is 16.3 Å². The molecule has 0 saturated heterocycles. The predicted molar refractivity (Wildman–Crippen MR) is 68.6 cm³/mol. The maximum Gasteiger partial charge on any atom is 0.134 e. The lowest BCUT2D eigenvalue weighted by Gasteiger charge is -2.11. The summed E-state index contributed by atoms with van der Waals surface area (Å²) in [6.07, 6.45) is 0. The molecular formula is C14H12ClFO2. The van der Waals surface area contributed by atoms with Gasteiger partial charge in [-0.15, -0.1) is 0 Å². The summed E-state index contributed by atoms with van der Waals surface area (Å²) in [4.78, 5) is 0. The zero-order valence-corrected chi connectivity index (χ0v) is 10.5. The minimum Gasteiger partial charge on any atom is -0.457 e. The van der Waals surface area contributed by atoms with E-state index in [2.05, 4.69) is 0 Å². The Hall–Kier alpha value is -1.58. The molecule has 2 rings (SSSR count). The topological polar surface area (TPSA) is 29.5 Å². The first kappa shape index (κ1) is 12.9. The molecule has 2 aromatic carbocycles. The number of benzene rings is 2. The standard InChI is InChI=1S/C14H12ClFO2/c1-9-7-10(5-6-13(9)16)18-14-4-2-3-12(15)11(14)8-17/h2-7,17H,8H2,1H3. The van der Waals surface area contributed by atoms with Gasteiger partial charge in [0, 0.05) is 10.6 Å². The molecule has 0 aliphatic carbocycles. The van der Waals surface area contributed by atoms with Gasteiger partial charge < -0.3 is 9.84 Å². The molecule has 0 aliphatic heterocycles. The van der Waals surface area contributed by atoms with E-state index in [0.29, 0.717) is 27.6 Å². The molecule has 0 amide bonds. The minimum absolute atomic E-state index is 0.213. The molecule has 0 atom stereocenters. The highest BCUT2D eigenvalue weighted by atomic mass is 35.5. The van der Waals surface area contributed by atoms with Gasteiger partial charge in [-0.3, -0.25) is 0 Å². The van der Waals surface area contributed by atoms with Crippen LogP contribution in [0.25, 0.3) is 0 Å². The molecule has 0 radical (unpaired) electrons. The molecule has 1 N–H and O–H groups in total. The van der Waals surface area contributed by atoms with E-state index in [0.717, 1.165) is 0 Å². The number of ether oxygens (including phenoxy) is 1. The Kier molecular flexibility index (Phi) is 3.84. The normalized spacial score (nSPS) is 10.4. The molecule has 0 spiro atoms. The Morgan fingerprint density at radius 1 is 1.28 bits per heavy atom. The monoisotopic (exact) mass is 266 g/mol. The zero-order chi connectivity index (χ0) is 13.1. The van der Waals surface area contributed by atoms with Crippen LogP contribution in [0.3, 0.4) is 0 Å². The van der Waals surface area contributed by atoms with Crippen molar-refractivity contribution in [3.63, 3.8) is 0 Å². The molecule has 2 nitrogen and oxygen atoms in total. The average molecular weight is 267 g/mol. The maximum atomic E-state index is 13.1. The lowest BCUT2D eigenvalue weighted by molar-refractivity contribution is 0.276. The highest BCUT2D eigenvalue weighted by Gasteiger charge is 2.08. The number of aryl methyl sites for hydroxylation is 1. The average Bonchev–Trinajstić information content (AvgIpc) is 2.34. The fraction of sp³-hybridized carbons (Fsp3) is 0.143. The number of halogens is 2. The Bertz CT molecular complexity index is 570. The predicted octanol–water partition coefficient (Wildman–Crippen LogP) is 4.07. The van der Waals surface area contributed by atoms with Crippen molar-refractivity contribution >= 4 is 11.6 Å². The van der Waals surface area contributed by atoms with E-state index in [1.165, 1.54) is 12.1 Å². The fourth-order valence-corrected chi connectivity index (χ4v) is 1.82. The van der Waals surface area contributed by atoms with Crippen molar-refractivity contribution < 1.29 is 14.2 Å². The van der Waals surface area contributed by atoms with Crippen LogP contribution in [0.2, 0.25) is 5.02 Å². The van der Waals surface area contributed by atoms with E-state index >= 15 is 0 Å². The van der Waals surface area contributed by atoms with Crippen LogP contribution >= 0.6 is 11.6 Å². The second kappa shape index (κ2) is 5.38. The second-order valence-corrected chi connectivity index (χ2v) is 4.29. The summed E-state index contributed by atoms with van der Waals surface area (Å²) in [7, 11) is 0. The quantitative estimate of drug-likeness (QED) is 0.907. The Balaban J connectivity index is 2.34. The van der Waals surface area contributed by atoms with Crippen LogP contribution in [-0.4, -0.2) is 5.11 Å². The van der Waals surface area contributed by atoms with Crippen molar-refractivity contribution in [1.82, 2.24) is 0 Å². The van der Waals surface area contributed by atoms with Gasteiger partial charge in [-0.1, -0.05) is 17.7 Å². The van der Waals surface area contributed by atoms with Gasteiger partial charge in [-0.2, -0.15) is 0 Å². The van der Waals surface area contributed by atoms with E-state index < -0.39 is 0 Å². The third-order valence-electron chi connectivity index (χ3n) is 2.59. The van der Waals surface area contributed by atoms with Crippen molar-refractivity contribution in [3.05, 3.63) is 58.4 Å². The van der Waals surface area contributed by atoms with Crippen LogP contribution < -0.4 is 4.74 Å². The molecule has 0 heterocycles. The van der Waals surface area contributed by atoms with Gasteiger partial charge in [0.2, 0.25) is 0 Å². The van der Waals surface area contributed by atoms with Crippen molar-refractivity contribution in [2.45, 2.75) is 13.5 Å². The second-order valence-electron chi connectivity index (χ2n) is 3.89. The summed E-state index contributed by atoms with van der Waals surface area (Å²) < 4.78 is 18.7. The third kappa shape index (κ3) is 2.63. The van der Waals surface area contributed by atoms with Crippen LogP contribution in [0, 0.1) is 12.7 Å². The first-order valence-corrected chi connectivity index (χ1v) is 5.82. The highest BCUT2D eigenvalue weighted by molar-refractivity contribution is 6.31. The molecule has 2 aromatic rings. The number of aliphatic hydroxyl groups is 1. The van der Waals surface area contributed by atoms with Gasteiger partial charge in [0.15, 0.2) is 0 Å². The summed E-state index contributed by atoms with van der Waals surface area (Å²) in [6.45, 7) is 1.45. The van der Waals surface area contributed by atoms with E-state index in [-0.39, 0.29) is 12.4 Å². The summed E-state index contributed by atoms with van der Waals surface area (Å²) in [5.41, 5.74) is 1.02.